The van der Waals surface area contributed by atoms with Crippen molar-refractivity contribution in [2.24, 2.45) is 5.41 Å². The summed E-state index contributed by atoms with van der Waals surface area (Å²) in [5, 5.41) is 0.725. The van der Waals surface area contributed by atoms with Gasteiger partial charge < -0.3 is 0 Å². The quantitative estimate of drug-likeness (QED) is 0.496. The zero-order valence-corrected chi connectivity index (χ0v) is 7.00. The number of allylic oxidation sites excluding steroid dienone is 3. The Hall–Kier alpha value is -0.230. The van der Waals surface area contributed by atoms with Gasteiger partial charge in [-0.25, -0.2) is 0 Å². The fraction of sp³-hybridized carbons (Fsp3) is 0.500. The first-order valence-corrected chi connectivity index (χ1v) is 3.34. The molecule has 0 aliphatic heterocycles. The first kappa shape index (κ1) is 8.77. The lowest BCUT2D eigenvalue weighted by atomic mass is 9.96. The minimum absolute atomic E-state index is 0.158. The molecule has 0 fully saturated rings. The van der Waals surface area contributed by atoms with Crippen LogP contribution in [0.1, 0.15) is 20.8 Å². The Morgan fingerprint density at radius 3 is 2.00 bits per heavy atom. The van der Waals surface area contributed by atoms with Crippen LogP contribution in [0.4, 0.5) is 0 Å². The molecular formula is C8H13Cl. The fourth-order valence-corrected chi connectivity index (χ4v) is 0.800. The maximum atomic E-state index is 5.69. The van der Waals surface area contributed by atoms with Gasteiger partial charge in [0.25, 0.3) is 0 Å². The van der Waals surface area contributed by atoms with Crippen LogP contribution in [-0.2, 0) is 0 Å². The SMILES string of the molecule is C=CC(Cl)=CC(C)(C)C. The van der Waals surface area contributed by atoms with Crippen molar-refractivity contribution in [2.45, 2.75) is 20.8 Å². The number of hydrogen-bond acceptors (Lipinski definition) is 0. The van der Waals surface area contributed by atoms with Gasteiger partial charge in [0, 0.05) is 5.03 Å². The van der Waals surface area contributed by atoms with Crippen molar-refractivity contribution in [3.63, 3.8) is 0 Å². The van der Waals surface area contributed by atoms with Gasteiger partial charge in [0.05, 0.1) is 0 Å². The van der Waals surface area contributed by atoms with E-state index in [1.54, 1.807) is 6.08 Å². The minimum atomic E-state index is 0.158. The highest BCUT2D eigenvalue weighted by molar-refractivity contribution is 6.31. The van der Waals surface area contributed by atoms with Gasteiger partial charge in [-0.2, -0.15) is 0 Å². The van der Waals surface area contributed by atoms with Crippen LogP contribution < -0.4 is 0 Å². The molecule has 0 atom stereocenters. The monoisotopic (exact) mass is 144 g/mol. The molecule has 0 aromatic carbocycles. The van der Waals surface area contributed by atoms with Gasteiger partial charge in [0.1, 0.15) is 0 Å². The molecule has 0 unspecified atom stereocenters. The average molecular weight is 145 g/mol. The fourth-order valence-electron chi connectivity index (χ4n) is 0.473. The Morgan fingerprint density at radius 1 is 1.44 bits per heavy atom. The molecule has 0 heterocycles. The summed E-state index contributed by atoms with van der Waals surface area (Å²) < 4.78 is 0. The zero-order valence-electron chi connectivity index (χ0n) is 6.24. The van der Waals surface area contributed by atoms with Gasteiger partial charge in [-0.05, 0) is 5.41 Å². The largest absolute Gasteiger partial charge is 0.0976 e. The summed E-state index contributed by atoms with van der Waals surface area (Å²) in [6.07, 6.45) is 3.62. The summed E-state index contributed by atoms with van der Waals surface area (Å²) in [6.45, 7) is 9.83. The molecule has 0 N–H and O–H groups in total. The molecule has 0 saturated carbocycles. The van der Waals surface area contributed by atoms with Gasteiger partial charge in [-0.15, -0.1) is 0 Å². The molecule has 0 aliphatic carbocycles. The summed E-state index contributed by atoms with van der Waals surface area (Å²) in [7, 11) is 0. The average Bonchev–Trinajstić information content (AvgIpc) is 1.62. The van der Waals surface area contributed by atoms with E-state index >= 15 is 0 Å². The van der Waals surface area contributed by atoms with E-state index in [0.717, 1.165) is 5.03 Å². The van der Waals surface area contributed by atoms with Crippen molar-refractivity contribution < 1.29 is 0 Å². The highest BCUT2D eigenvalue weighted by Crippen LogP contribution is 2.19. The smallest absolute Gasteiger partial charge is 0.0365 e. The predicted molar refractivity (Wildman–Crippen MR) is 43.6 cm³/mol. The van der Waals surface area contributed by atoms with Crippen LogP contribution in [0.15, 0.2) is 23.8 Å². The predicted octanol–water partition coefficient (Wildman–Crippen LogP) is 3.34. The van der Waals surface area contributed by atoms with Crippen LogP contribution in [0.5, 0.6) is 0 Å². The molecule has 0 bridgehead atoms. The maximum Gasteiger partial charge on any atom is 0.0365 e. The number of halogens is 1. The van der Waals surface area contributed by atoms with E-state index in [4.69, 9.17) is 11.6 Å². The van der Waals surface area contributed by atoms with E-state index in [9.17, 15) is 0 Å². The van der Waals surface area contributed by atoms with Crippen molar-refractivity contribution in [2.75, 3.05) is 0 Å². The Bertz CT molecular complexity index is 126. The van der Waals surface area contributed by atoms with E-state index in [1.165, 1.54) is 0 Å². The van der Waals surface area contributed by atoms with E-state index in [2.05, 4.69) is 27.4 Å². The zero-order chi connectivity index (χ0) is 7.49. The van der Waals surface area contributed by atoms with Crippen LogP contribution in [0.25, 0.3) is 0 Å². The Labute approximate surface area is 62.2 Å². The molecule has 0 radical (unpaired) electrons. The second-order valence-corrected chi connectivity index (χ2v) is 3.54. The third-order valence-corrected chi connectivity index (χ3v) is 1.03. The van der Waals surface area contributed by atoms with Crippen molar-refractivity contribution in [3.05, 3.63) is 23.8 Å². The van der Waals surface area contributed by atoms with E-state index < -0.39 is 0 Å². The first-order valence-electron chi connectivity index (χ1n) is 2.96. The van der Waals surface area contributed by atoms with Crippen molar-refractivity contribution in [3.8, 4) is 0 Å². The van der Waals surface area contributed by atoms with E-state index in [0.29, 0.717) is 0 Å². The second-order valence-electron chi connectivity index (χ2n) is 3.10. The third-order valence-electron chi connectivity index (χ3n) is 0.766. The summed E-state index contributed by atoms with van der Waals surface area (Å²) >= 11 is 5.69. The second kappa shape index (κ2) is 3.07. The molecule has 0 amide bonds. The standard InChI is InChI=1S/C8H13Cl/c1-5-7(9)6-8(2,3)4/h5-6H,1H2,2-4H3. The van der Waals surface area contributed by atoms with Crippen LogP contribution >= 0.6 is 11.6 Å². The van der Waals surface area contributed by atoms with Crippen LogP contribution in [0.2, 0.25) is 0 Å². The van der Waals surface area contributed by atoms with Crippen molar-refractivity contribution in [1.29, 1.82) is 0 Å². The molecule has 0 rings (SSSR count). The minimum Gasteiger partial charge on any atom is -0.0976 e. The Morgan fingerprint density at radius 2 is 1.89 bits per heavy atom. The number of rotatable bonds is 1. The normalized spacial score (nSPS) is 13.6. The van der Waals surface area contributed by atoms with Gasteiger partial charge in [-0.1, -0.05) is 51.1 Å². The van der Waals surface area contributed by atoms with E-state index in [-0.39, 0.29) is 5.41 Å². The Balaban J connectivity index is 4.11. The van der Waals surface area contributed by atoms with Gasteiger partial charge in [0.15, 0.2) is 0 Å². The van der Waals surface area contributed by atoms with E-state index in [1.807, 2.05) is 6.08 Å². The molecule has 0 aromatic rings. The number of hydrogen-bond donors (Lipinski definition) is 0. The topological polar surface area (TPSA) is 0 Å². The molecule has 1 heteroatoms. The molecule has 0 aromatic heterocycles. The summed E-state index contributed by atoms with van der Waals surface area (Å²) in [4.78, 5) is 0. The maximum absolute atomic E-state index is 5.69. The molecule has 52 valence electrons. The van der Waals surface area contributed by atoms with Crippen molar-refractivity contribution >= 4 is 11.6 Å². The summed E-state index contributed by atoms with van der Waals surface area (Å²) in [5.74, 6) is 0. The van der Waals surface area contributed by atoms with Gasteiger partial charge in [0.2, 0.25) is 0 Å². The molecule has 0 nitrogen and oxygen atoms in total. The molecule has 0 spiro atoms. The first-order chi connectivity index (χ1) is 3.95. The Kier molecular flexibility index (Phi) is 2.99. The summed E-state index contributed by atoms with van der Waals surface area (Å²) in [5.41, 5.74) is 0.158. The van der Waals surface area contributed by atoms with Gasteiger partial charge >= 0.3 is 0 Å². The third kappa shape index (κ3) is 5.64. The van der Waals surface area contributed by atoms with Crippen LogP contribution in [0.3, 0.4) is 0 Å². The van der Waals surface area contributed by atoms with Crippen LogP contribution in [-0.4, -0.2) is 0 Å². The summed E-state index contributed by atoms with van der Waals surface area (Å²) in [6, 6.07) is 0. The lowest BCUT2D eigenvalue weighted by molar-refractivity contribution is 0.543. The lowest BCUT2D eigenvalue weighted by Crippen LogP contribution is -1.98. The lowest BCUT2D eigenvalue weighted by Gasteiger charge is -2.11. The molecule has 0 aliphatic rings. The molecule has 9 heavy (non-hydrogen) atoms. The molecule has 0 saturated heterocycles. The van der Waals surface area contributed by atoms with Crippen molar-refractivity contribution in [1.82, 2.24) is 0 Å². The van der Waals surface area contributed by atoms with Crippen LogP contribution in [0, 0.1) is 5.41 Å². The van der Waals surface area contributed by atoms with Gasteiger partial charge in [-0.3, -0.25) is 0 Å². The molecular weight excluding hydrogens is 132 g/mol. The highest BCUT2D eigenvalue weighted by Gasteiger charge is 2.04. The highest BCUT2D eigenvalue weighted by atomic mass is 35.5.